The van der Waals surface area contributed by atoms with Crippen molar-refractivity contribution in [2.45, 2.75) is 13.0 Å². The molecule has 0 saturated heterocycles. The number of anilines is 1. The van der Waals surface area contributed by atoms with Gasteiger partial charge in [-0.3, -0.25) is 14.5 Å². The Labute approximate surface area is 105 Å². The molecule has 2 aromatic heterocycles. The number of nitrogen functional groups attached to an aromatic ring is 1. The number of carbonyl (C=O) groups excluding carboxylic acids is 1. The second-order valence-corrected chi connectivity index (χ2v) is 4.02. The van der Waals surface area contributed by atoms with Crippen LogP contribution in [0.2, 0.25) is 0 Å². The van der Waals surface area contributed by atoms with Crippen LogP contribution in [0.15, 0.2) is 30.6 Å². The minimum Gasteiger partial charge on any atom is -0.397 e. The summed E-state index contributed by atoms with van der Waals surface area (Å²) in [5.74, 6) is -0.0853. The number of nitrogens with zero attached hydrogens (tertiary/aromatic N) is 3. The van der Waals surface area contributed by atoms with Crippen LogP contribution in [0, 0.1) is 0 Å². The van der Waals surface area contributed by atoms with Crippen molar-refractivity contribution in [3.05, 3.63) is 42.0 Å². The van der Waals surface area contributed by atoms with Gasteiger partial charge in [0.1, 0.15) is 0 Å². The monoisotopic (exact) mass is 245 g/mol. The molecule has 0 fully saturated rings. The molecule has 0 aromatic carbocycles. The topological polar surface area (TPSA) is 85.8 Å². The summed E-state index contributed by atoms with van der Waals surface area (Å²) in [5, 5.41) is 6.96. The fourth-order valence-electron chi connectivity index (χ4n) is 1.51. The third-order valence-corrected chi connectivity index (χ3v) is 2.42. The van der Waals surface area contributed by atoms with Gasteiger partial charge >= 0.3 is 0 Å². The molecule has 0 aliphatic heterocycles. The predicted molar refractivity (Wildman–Crippen MR) is 67.4 cm³/mol. The zero-order chi connectivity index (χ0) is 13.0. The normalized spacial score (nSPS) is 10.3. The fraction of sp³-hybridized carbons (Fsp3) is 0.250. The lowest BCUT2D eigenvalue weighted by atomic mass is 10.2. The van der Waals surface area contributed by atoms with E-state index in [1.54, 1.807) is 23.0 Å². The van der Waals surface area contributed by atoms with Crippen LogP contribution in [-0.4, -0.2) is 20.7 Å². The van der Waals surface area contributed by atoms with Crippen molar-refractivity contribution in [3.63, 3.8) is 0 Å². The van der Waals surface area contributed by atoms with Gasteiger partial charge in [-0.25, -0.2) is 0 Å². The molecular weight excluding hydrogens is 230 g/mol. The SMILES string of the molecule is Cn1ccc(CNC(=O)Cc2ccc(N)cn2)n1. The number of amides is 1. The van der Waals surface area contributed by atoms with Crippen LogP contribution < -0.4 is 11.1 Å². The molecule has 6 nitrogen and oxygen atoms in total. The second kappa shape index (κ2) is 5.31. The molecule has 0 aliphatic carbocycles. The molecule has 0 radical (unpaired) electrons. The van der Waals surface area contributed by atoms with E-state index in [1.165, 1.54) is 0 Å². The largest absolute Gasteiger partial charge is 0.397 e. The van der Waals surface area contributed by atoms with Gasteiger partial charge in [0.15, 0.2) is 0 Å². The lowest BCUT2D eigenvalue weighted by Gasteiger charge is -2.03. The molecule has 18 heavy (non-hydrogen) atoms. The van der Waals surface area contributed by atoms with Crippen LogP contribution in [0.4, 0.5) is 5.69 Å². The molecular formula is C12H15N5O. The Morgan fingerprint density at radius 3 is 2.83 bits per heavy atom. The van der Waals surface area contributed by atoms with E-state index in [0.29, 0.717) is 17.9 Å². The van der Waals surface area contributed by atoms with Gasteiger partial charge in [-0.1, -0.05) is 0 Å². The number of nitrogens with two attached hydrogens (primary N) is 1. The Balaban J connectivity index is 1.83. The molecule has 94 valence electrons. The summed E-state index contributed by atoms with van der Waals surface area (Å²) in [6, 6.07) is 5.34. The Kier molecular flexibility index (Phi) is 3.57. The number of hydrogen-bond donors (Lipinski definition) is 2. The second-order valence-electron chi connectivity index (χ2n) is 4.02. The molecule has 2 heterocycles. The van der Waals surface area contributed by atoms with Crippen molar-refractivity contribution in [2.24, 2.45) is 7.05 Å². The van der Waals surface area contributed by atoms with Crippen molar-refractivity contribution in [1.29, 1.82) is 0 Å². The highest BCUT2D eigenvalue weighted by atomic mass is 16.1. The smallest absolute Gasteiger partial charge is 0.226 e. The number of pyridine rings is 1. The molecule has 6 heteroatoms. The average molecular weight is 245 g/mol. The lowest BCUT2D eigenvalue weighted by molar-refractivity contribution is -0.120. The van der Waals surface area contributed by atoms with Crippen molar-refractivity contribution >= 4 is 11.6 Å². The number of carbonyl (C=O) groups is 1. The van der Waals surface area contributed by atoms with Crippen LogP contribution in [0.3, 0.4) is 0 Å². The summed E-state index contributed by atoms with van der Waals surface area (Å²) in [7, 11) is 1.84. The summed E-state index contributed by atoms with van der Waals surface area (Å²) >= 11 is 0. The highest BCUT2D eigenvalue weighted by Crippen LogP contribution is 2.02. The van der Waals surface area contributed by atoms with Gasteiger partial charge in [0.05, 0.1) is 30.5 Å². The van der Waals surface area contributed by atoms with Crippen LogP contribution >= 0.6 is 0 Å². The summed E-state index contributed by atoms with van der Waals surface area (Å²) < 4.78 is 1.70. The molecule has 3 N–H and O–H groups in total. The van der Waals surface area contributed by atoms with Gasteiger partial charge in [0, 0.05) is 18.9 Å². The number of aryl methyl sites for hydroxylation is 1. The Morgan fingerprint density at radius 1 is 1.39 bits per heavy atom. The first-order valence-corrected chi connectivity index (χ1v) is 5.59. The molecule has 0 aliphatic rings. The summed E-state index contributed by atoms with van der Waals surface area (Å²) in [4.78, 5) is 15.7. The van der Waals surface area contributed by atoms with Gasteiger partial charge in [0.2, 0.25) is 5.91 Å². The molecule has 2 rings (SSSR count). The van der Waals surface area contributed by atoms with E-state index in [2.05, 4.69) is 15.4 Å². The maximum atomic E-state index is 11.7. The summed E-state index contributed by atoms with van der Waals surface area (Å²) in [6.45, 7) is 0.425. The number of nitrogens with one attached hydrogen (secondary N) is 1. The number of hydrogen-bond acceptors (Lipinski definition) is 4. The first-order chi connectivity index (χ1) is 8.63. The quantitative estimate of drug-likeness (QED) is 0.808. The van der Waals surface area contributed by atoms with Gasteiger partial charge in [0.25, 0.3) is 0 Å². The van der Waals surface area contributed by atoms with E-state index in [-0.39, 0.29) is 12.3 Å². The fourth-order valence-corrected chi connectivity index (χ4v) is 1.51. The zero-order valence-electron chi connectivity index (χ0n) is 10.1. The van der Waals surface area contributed by atoms with Gasteiger partial charge in [-0.05, 0) is 18.2 Å². The van der Waals surface area contributed by atoms with Crippen LogP contribution in [-0.2, 0) is 24.8 Å². The molecule has 0 unspecified atom stereocenters. The highest BCUT2D eigenvalue weighted by molar-refractivity contribution is 5.78. The molecule has 0 bridgehead atoms. The van der Waals surface area contributed by atoms with E-state index in [4.69, 9.17) is 5.73 Å². The summed E-state index contributed by atoms with van der Waals surface area (Å²) in [5.41, 5.74) is 7.64. The molecule has 1 amide bonds. The predicted octanol–water partition coefficient (Wildman–Crippen LogP) is 0.256. The number of rotatable bonds is 4. The standard InChI is InChI=1S/C12H15N5O/c1-17-5-4-11(16-17)8-15-12(18)6-10-3-2-9(13)7-14-10/h2-5,7H,6,8,13H2,1H3,(H,15,18). The van der Waals surface area contributed by atoms with Crippen LogP contribution in [0.1, 0.15) is 11.4 Å². The van der Waals surface area contributed by atoms with Crippen molar-refractivity contribution in [1.82, 2.24) is 20.1 Å². The zero-order valence-corrected chi connectivity index (χ0v) is 10.1. The van der Waals surface area contributed by atoms with E-state index >= 15 is 0 Å². The first kappa shape index (κ1) is 12.1. The van der Waals surface area contributed by atoms with Crippen molar-refractivity contribution < 1.29 is 4.79 Å². The molecule has 0 atom stereocenters. The van der Waals surface area contributed by atoms with E-state index in [1.807, 2.05) is 19.3 Å². The van der Waals surface area contributed by atoms with Gasteiger partial charge < -0.3 is 11.1 Å². The van der Waals surface area contributed by atoms with Crippen LogP contribution in [0.5, 0.6) is 0 Å². The van der Waals surface area contributed by atoms with E-state index < -0.39 is 0 Å². The number of aromatic nitrogens is 3. The molecule has 0 saturated carbocycles. The maximum absolute atomic E-state index is 11.7. The molecule has 0 spiro atoms. The van der Waals surface area contributed by atoms with Gasteiger partial charge in [-0.15, -0.1) is 0 Å². The minimum absolute atomic E-state index is 0.0853. The summed E-state index contributed by atoms with van der Waals surface area (Å²) in [6.07, 6.45) is 3.62. The Bertz CT molecular complexity index is 532. The third kappa shape index (κ3) is 3.31. The average Bonchev–Trinajstić information content (AvgIpc) is 2.76. The highest BCUT2D eigenvalue weighted by Gasteiger charge is 2.05. The Hall–Kier alpha value is -2.37. The van der Waals surface area contributed by atoms with Gasteiger partial charge in [-0.2, -0.15) is 5.10 Å². The van der Waals surface area contributed by atoms with Crippen LogP contribution in [0.25, 0.3) is 0 Å². The lowest BCUT2D eigenvalue weighted by Crippen LogP contribution is -2.25. The third-order valence-electron chi connectivity index (χ3n) is 2.42. The van der Waals surface area contributed by atoms with Crippen molar-refractivity contribution in [2.75, 3.05) is 5.73 Å². The minimum atomic E-state index is -0.0853. The maximum Gasteiger partial charge on any atom is 0.226 e. The first-order valence-electron chi connectivity index (χ1n) is 5.59. The Morgan fingerprint density at radius 2 is 2.22 bits per heavy atom. The van der Waals surface area contributed by atoms with Crippen molar-refractivity contribution in [3.8, 4) is 0 Å². The molecule has 2 aromatic rings. The van der Waals surface area contributed by atoms with E-state index in [9.17, 15) is 4.79 Å². The van der Waals surface area contributed by atoms with E-state index in [0.717, 1.165) is 5.69 Å².